The molecule has 1 saturated heterocycles. The highest BCUT2D eigenvalue weighted by atomic mass is 79.9. The van der Waals surface area contributed by atoms with Gasteiger partial charge in [-0.15, -0.1) is 0 Å². The first-order valence-corrected chi connectivity index (χ1v) is 9.04. The smallest absolute Gasteiger partial charge is 0.159 e. The monoisotopic (exact) mass is 424 g/mol. The molecule has 1 aliphatic rings. The van der Waals surface area contributed by atoms with Gasteiger partial charge in [-0.2, -0.15) is 0 Å². The SMILES string of the molecule is CCO[C@H]1CCC(c2ccc(Br)cc2)(c2ccc(Br)cc2)O1. The number of hydrogen-bond acceptors (Lipinski definition) is 2. The van der Waals surface area contributed by atoms with Crippen LogP contribution in [-0.2, 0) is 15.1 Å². The molecule has 0 aromatic heterocycles. The molecule has 1 atom stereocenters. The molecule has 0 aliphatic carbocycles. The maximum absolute atomic E-state index is 6.39. The van der Waals surface area contributed by atoms with Crippen LogP contribution >= 0.6 is 31.9 Å². The van der Waals surface area contributed by atoms with E-state index in [9.17, 15) is 0 Å². The summed E-state index contributed by atoms with van der Waals surface area (Å²) in [5.41, 5.74) is 1.90. The Kier molecular flexibility index (Phi) is 5.03. The summed E-state index contributed by atoms with van der Waals surface area (Å²) in [6.45, 7) is 2.67. The summed E-state index contributed by atoms with van der Waals surface area (Å²) in [5.74, 6) is 0. The van der Waals surface area contributed by atoms with Gasteiger partial charge in [-0.05, 0) is 48.7 Å². The number of halogens is 2. The molecule has 116 valence electrons. The van der Waals surface area contributed by atoms with Crippen molar-refractivity contribution < 1.29 is 9.47 Å². The third-order valence-corrected chi connectivity index (χ3v) is 5.10. The first-order valence-electron chi connectivity index (χ1n) is 7.45. The molecule has 0 N–H and O–H groups in total. The van der Waals surface area contributed by atoms with E-state index in [0.717, 1.165) is 21.8 Å². The Morgan fingerprint density at radius 1 is 1.00 bits per heavy atom. The Morgan fingerprint density at radius 3 is 1.95 bits per heavy atom. The van der Waals surface area contributed by atoms with Gasteiger partial charge in [0.15, 0.2) is 6.29 Å². The van der Waals surface area contributed by atoms with Gasteiger partial charge in [0, 0.05) is 22.0 Å². The maximum Gasteiger partial charge on any atom is 0.159 e. The highest BCUT2D eigenvalue weighted by Gasteiger charge is 2.43. The number of benzene rings is 2. The summed E-state index contributed by atoms with van der Waals surface area (Å²) in [6, 6.07) is 16.8. The summed E-state index contributed by atoms with van der Waals surface area (Å²) < 4.78 is 14.2. The largest absolute Gasteiger partial charge is 0.353 e. The van der Waals surface area contributed by atoms with Gasteiger partial charge in [0.25, 0.3) is 0 Å². The van der Waals surface area contributed by atoms with Gasteiger partial charge < -0.3 is 9.47 Å². The van der Waals surface area contributed by atoms with E-state index in [1.807, 2.05) is 6.92 Å². The van der Waals surface area contributed by atoms with E-state index >= 15 is 0 Å². The van der Waals surface area contributed by atoms with Gasteiger partial charge in [0.05, 0.1) is 0 Å². The topological polar surface area (TPSA) is 18.5 Å². The Bertz CT molecular complexity index is 577. The highest BCUT2D eigenvalue weighted by molar-refractivity contribution is 9.10. The van der Waals surface area contributed by atoms with Gasteiger partial charge in [0.2, 0.25) is 0 Å². The minimum atomic E-state index is -0.429. The molecule has 1 fully saturated rings. The van der Waals surface area contributed by atoms with Crippen molar-refractivity contribution >= 4 is 31.9 Å². The maximum atomic E-state index is 6.39. The predicted molar refractivity (Wildman–Crippen MR) is 94.8 cm³/mol. The molecular weight excluding hydrogens is 408 g/mol. The van der Waals surface area contributed by atoms with E-state index < -0.39 is 5.60 Å². The lowest BCUT2D eigenvalue weighted by atomic mass is 9.84. The zero-order valence-corrected chi connectivity index (χ0v) is 15.6. The van der Waals surface area contributed by atoms with Crippen molar-refractivity contribution in [3.05, 3.63) is 68.6 Å². The lowest BCUT2D eigenvalue weighted by molar-refractivity contribution is -0.156. The second-order valence-corrected chi connectivity index (χ2v) is 7.21. The van der Waals surface area contributed by atoms with Crippen LogP contribution in [0.25, 0.3) is 0 Å². The summed E-state index contributed by atoms with van der Waals surface area (Å²) in [5, 5.41) is 0. The zero-order chi connectivity index (χ0) is 15.6. The second-order valence-electron chi connectivity index (χ2n) is 5.38. The molecule has 2 nitrogen and oxygen atoms in total. The second kappa shape index (κ2) is 6.83. The van der Waals surface area contributed by atoms with Crippen LogP contribution in [0.15, 0.2) is 57.5 Å². The molecule has 0 amide bonds. The average molecular weight is 426 g/mol. The van der Waals surface area contributed by atoms with E-state index in [1.54, 1.807) is 0 Å². The molecule has 22 heavy (non-hydrogen) atoms. The fraction of sp³-hybridized carbons (Fsp3) is 0.333. The quantitative estimate of drug-likeness (QED) is 0.632. The van der Waals surface area contributed by atoms with Crippen molar-refractivity contribution in [3.63, 3.8) is 0 Å². The first-order chi connectivity index (χ1) is 10.6. The lowest BCUT2D eigenvalue weighted by Crippen LogP contribution is -2.28. The minimum absolute atomic E-state index is 0.141. The first kappa shape index (κ1) is 16.2. The van der Waals surface area contributed by atoms with E-state index in [4.69, 9.17) is 9.47 Å². The van der Waals surface area contributed by atoms with E-state index in [1.165, 1.54) is 11.1 Å². The molecule has 0 radical (unpaired) electrons. The van der Waals surface area contributed by atoms with Gasteiger partial charge in [-0.1, -0.05) is 56.1 Å². The number of ether oxygens (including phenoxy) is 2. The molecule has 1 heterocycles. The molecule has 2 aromatic rings. The third kappa shape index (κ3) is 3.16. The summed E-state index contributed by atoms with van der Waals surface area (Å²) in [7, 11) is 0. The van der Waals surface area contributed by atoms with Crippen molar-refractivity contribution in [3.8, 4) is 0 Å². The van der Waals surface area contributed by atoms with Gasteiger partial charge >= 0.3 is 0 Å². The van der Waals surface area contributed by atoms with E-state index in [0.29, 0.717) is 6.61 Å². The Morgan fingerprint density at radius 2 is 1.50 bits per heavy atom. The molecule has 0 spiro atoms. The van der Waals surface area contributed by atoms with Crippen molar-refractivity contribution in [1.29, 1.82) is 0 Å². The third-order valence-electron chi connectivity index (χ3n) is 4.04. The van der Waals surface area contributed by atoms with Crippen LogP contribution < -0.4 is 0 Å². The molecule has 1 aliphatic heterocycles. The molecule has 3 rings (SSSR count). The molecule has 0 bridgehead atoms. The van der Waals surface area contributed by atoms with Gasteiger partial charge in [-0.3, -0.25) is 0 Å². The van der Waals surface area contributed by atoms with Crippen LogP contribution in [0.2, 0.25) is 0 Å². The predicted octanol–water partition coefficient (Wildman–Crippen LogP) is 5.63. The minimum Gasteiger partial charge on any atom is -0.353 e. The fourth-order valence-corrected chi connectivity index (χ4v) is 3.52. The summed E-state index contributed by atoms with van der Waals surface area (Å²) in [4.78, 5) is 0. The Hall–Kier alpha value is -0.680. The van der Waals surface area contributed by atoms with Crippen molar-refractivity contribution in [2.24, 2.45) is 0 Å². The Balaban J connectivity index is 2.03. The normalized spacial score (nSPS) is 20.2. The van der Waals surface area contributed by atoms with Crippen LogP contribution in [0.1, 0.15) is 30.9 Å². The van der Waals surface area contributed by atoms with Crippen LogP contribution in [-0.4, -0.2) is 12.9 Å². The highest BCUT2D eigenvalue weighted by Crippen LogP contribution is 2.45. The standard InChI is InChI=1S/C18H18Br2O2/c1-2-21-17-11-12-18(22-17,13-3-7-15(19)8-4-13)14-5-9-16(20)10-6-14/h3-10,17H,2,11-12H2,1H3/t17-/m1/s1. The number of hydrogen-bond donors (Lipinski definition) is 0. The van der Waals surface area contributed by atoms with Crippen molar-refractivity contribution in [1.82, 2.24) is 0 Å². The van der Waals surface area contributed by atoms with E-state index in [2.05, 4.69) is 80.4 Å². The van der Waals surface area contributed by atoms with Crippen molar-refractivity contribution in [2.45, 2.75) is 31.7 Å². The summed E-state index contributed by atoms with van der Waals surface area (Å²) in [6.07, 6.45) is 1.68. The van der Waals surface area contributed by atoms with Crippen molar-refractivity contribution in [2.75, 3.05) is 6.61 Å². The van der Waals surface area contributed by atoms with E-state index in [-0.39, 0.29) is 6.29 Å². The van der Waals surface area contributed by atoms with Crippen LogP contribution in [0.4, 0.5) is 0 Å². The van der Waals surface area contributed by atoms with Crippen LogP contribution in [0.5, 0.6) is 0 Å². The van der Waals surface area contributed by atoms with Crippen LogP contribution in [0, 0.1) is 0 Å². The average Bonchev–Trinajstić information content (AvgIpc) is 2.94. The number of rotatable bonds is 4. The Labute approximate surface area is 148 Å². The summed E-state index contributed by atoms with van der Waals surface area (Å²) >= 11 is 7.00. The molecular formula is C18H18Br2O2. The van der Waals surface area contributed by atoms with Gasteiger partial charge in [0.1, 0.15) is 5.60 Å². The lowest BCUT2D eigenvalue weighted by Gasteiger charge is -2.31. The van der Waals surface area contributed by atoms with Crippen LogP contribution in [0.3, 0.4) is 0 Å². The molecule has 0 unspecified atom stereocenters. The zero-order valence-electron chi connectivity index (χ0n) is 12.4. The molecule has 0 saturated carbocycles. The molecule has 4 heteroatoms. The van der Waals surface area contributed by atoms with Gasteiger partial charge in [-0.25, -0.2) is 0 Å². The molecule has 2 aromatic carbocycles. The fourth-order valence-electron chi connectivity index (χ4n) is 3.00.